The van der Waals surface area contributed by atoms with E-state index in [1.165, 1.54) is 0 Å². The molecule has 0 saturated carbocycles. The van der Waals surface area contributed by atoms with Crippen molar-refractivity contribution in [1.29, 1.82) is 0 Å². The Morgan fingerprint density at radius 1 is 0.250 bits per heavy atom. The van der Waals surface area contributed by atoms with Crippen molar-refractivity contribution in [3.63, 3.8) is 0 Å². The quantitative estimate of drug-likeness (QED) is 0.0765. The maximum atomic E-state index is 6.41. The van der Waals surface area contributed by atoms with Crippen LogP contribution in [0.2, 0.25) is 0 Å². The van der Waals surface area contributed by atoms with Crippen LogP contribution in [0.15, 0.2) is 176 Å². The third kappa shape index (κ3) is 11.9. The fourth-order valence-electron chi connectivity index (χ4n) is 5.97. The lowest BCUT2D eigenvalue weighted by Crippen LogP contribution is -2.03. The Morgan fingerprint density at radius 2 is 0.464 bits per heavy atom. The standard InChI is InChI=1S/C49H45O6P/c56-36-43-25-48(54-34-41-21-44(50-30-37-13-5-1-6-14-37)27-45(22-41)51-31-38-15-7-2-8-16-38)29-49(26-43)55-35-42-23-46(52-32-39-17-9-3-10-18-39)28-47(24-42)53-33-40-19-11-4-12-20-40/h1-29H,30-36,56H2. The van der Waals surface area contributed by atoms with E-state index >= 15 is 0 Å². The molecule has 0 fully saturated rings. The minimum Gasteiger partial charge on any atom is -0.489 e. The topological polar surface area (TPSA) is 55.4 Å². The van der Waals surface area contributed by atoms with E-state index in [0.717, 1.165) is 45.1 Å². The minimum absolute atomic E-state index is 0.312. The van der Waals surface area contributed by atoms with Gasteiger partial charge >= 0.3 is 0 Å². The number of hydrogen-bond donors (Lipinski definition) is 0. The van der Waals surface area contributed by atoms with Gasteiger partial charge < -0.3 is 28.4 Å². The maximum absolute atomic E-state index is 6.41. The molecule has 7 aromatic carbocycles. The van der Waals surface area contributed by atoms with E-state index in [2.05, 4.69) is 9.24 Å². The highest BCUT2D eigenvalue weighted by atomic mass is 31.0. The Morgan fingerprint density at radius 3 is 0.696 bits per heavy atom. The molecule has 6 nitrogen and oxygen atoms in total. The molecule has 0 N–H and O–H groups in total. The van der Waals surface area contributed by atoms with E-state index in [1.54, 1.807) is 0 Å². The van der Waals surface area contributed by atoms with E-state index in [1.807, 2.05) is 176 Å². The summed E-state index contributed by atoms with van der Waals surface area (Å²) in [5, 5.41) is 0. The molecular weight excluding hydrogens is 716 g/mol. The first-order chi connectivity index (χ1) is 27.6. The third-order valence-electron chi connectivity index (χ3n) is 8.86. The zero-order valence-corrected chi connectivity index (χ0v) is 32.4. The van der Waals surface area contributed by atoms with Crippen LogP contribution in [-0.2, 0) is 45.8 Å². The lowest BCUT2D eigenvalue weighted by Gasteiger charge is -2.15. The molecule has 0 bridgehead atoms. The predicted octanol–water partition coefficient (Wildman–Crippen LogP) is 11.5. The van der Waals surface area contributed by atoms with Crippen LogP contribution in [0.5, 0.6) is 34.5 Å². The van der Waals surface area contributed by atoms with Crippen molar-refractivity contribution >= 4 is 9.24 Å². The molecule has 0 heterocycles. The predicted molar refractivity (Wildman–Crippen MR) is 224 cm³/mol. The largest absolute Gasteiger partial charge is 0.489 e. The van der Waals surface area contributed by atoms with E-state index in [4.69, 9.17) is 28.4 Å². The summed E-state index contributed by atoms with van der Waals surface area (Å²) in [6.45, 7) is 2.41. The molecule has 56 heavy (non-hydrogen) atoms. The highest BCUT2D eigenvalue weighted by Crippen LogP contribution is 2.30. The Balaban J connectivity index is 1.04. The van der Waals surface area contributed by atoms with Crippen molar-refractivity contribution in [2.24, 2.45) is 0 Å². The lowest BCUT2D eigenvalue weighted by molar-refractivity contribution is 0.276. The summed E-state index contributed by atoms with van der Waals surface area (Å²) in [6.07, 6.45) is 0.744. The summed E-state index contributed by atoms with van der Waals surface area (Å²) in [4.78, 5) is 0. The van der Waals surface area contributed by atoms with Gasteiger partial charge in [-0.15, -0.1) is 9.24 Å². The van der Waals surface area contributed by atoms with E-state index < -0.39 is 0 Å². The van der Waals surface area contributed by atoms with Crippen molar-refractivity contribution in [3.8, 4) is 34.5 Å². The molecule has 1 unspecified atom stereocenters. The molecule has 7 aromatic rings. The molecule has 0 aromatic heterocycles. The Kier molecular flexibility index (Phi) is 13.5. The van der Waals surface area contributed by atoms with Crippen LogP contribution >= 0.6 is 9.24 Å². The summed E-state index contributed by atoms with van der Waals surface area (Å²) in [5.41, 5.74) is 7.27. The molecule has 0 amide bonds. The molecule has 0 spiro atoms. The molecule has 7 rings (SSSR count). The number of ether oxygens (including phenoxy) is 6. The molecule has 0 aliphatic carbocycles. The van der Waals surface area contributed by atoms with Gasteiger partial charge in [-0.05, 0) is 81.5 Å². The van der Waals surface area contributed by atoms with Crippen molar-refractivity contribution in [2.45, 2.75) is 45.8 Å². The Labute approximate surface area is 331 Å². The van der Waals surface area contributed by atoms with Crippen molar-refractivity contribution < 1.29 is 28.4 Å². The molecule has 1 atom stereocenters. The summed E-state index contributed by atoms with van der Waals surface area (Å²) < 4.78 is 37.7. The van der Waals surface area contributed by atoms with Gasteiger partial charge in [-0.1, -0.05) is 121 Å². The highest BCUT2D eigenvalue weighted by Gasteiger charge is 2.10. The second-order valence-electron chi connectivity index (χ2n) is 13.3. The van der Waals surface area contributed by atoms with Crippen LogP contribution in [0.25, 0.3) is 0 Å². The fourth-order valence-corrected chi connectivity index (χ4v) is 6.21. The monoisotopic (exact) mass is 760 g/mol. The molecule has 0 aliphatic heterocycles. The van der Waals surface area contributed by atoms with Crippen LogP contribution in [0.1, 0.15) is 38.9 Å². The molecule has 282 valence electrons. The molecule has 0 aliphatic rings. The number of hydrogen-bond acceptors (Lipinski definition) is 6. The van der Waals surface area contributed by atoms with Gasteiger partial charge in [-0.25, -0.2) is 0 Å². The first kappa shape index (κ1) is 38.1. The molecular formula is C49H45O6P. The Hall–Kier alpha value is -6.23. The zero-order chi connectivity index (χ0) is 38.2. The first-order valence-electron chi connectivity index (χ1n) is 18.7. The minimum atomic E-state index is 0.312. The van der Waals surface area contributed by atoms with Gasteiger partial charge in [0.15, 0.2) is 0 Å². The van der Waals surface area contributed by atoms with Gasteiger partial charge in [0.25, 0.3) is 0 Å². The zero-order valence-electron chi connectivity index (χ0n) is 31.2. The van der Waals surface area contributed by atoms with Crippen LogP contribution in [-0.4, -0.2) is 0 Å². The van der Waals surface area contributed by atoms with Crippen LogP contribution in [0, 0.1) is 0 Å². The first-order valence-corrected chi connectivity index (χ1v) is 19.5. The number of rotatable bonds is 19. The van der Waals surface area contributed by atoms with E-state index in [0.29, 0.717) is 74.1 Å². The molecule has 7 heteroatoms. The normalized spacial score (nSPS) is 10.7. The van der Waals surface area contributed by atoms with Crippen LogP contribution in [0.3, 0.4) is 0 Å². The SMILES string of the molecule is PCc1cc(OCc2cc(OCc3ccccc3)cc(OCc3ccccc3)c2)cc(OCc2cc(OCc3ccccc3)cc(OCc3ccccc3)c2)c1. The van der Waals surface area contributed by atoms with Crippen molar-refractivity contribution in [2.75, 3.05) is 0 Å². The number of benzene rings is 7. The maximum Gasteiger partial charge on any atom is 0.123 e. The molecule has 0 radical (unpaired) electrons. The average molecular weight is 761 g/mol. The van der Waals surface area contributed by atoms with Gasteiger partial charge in [0, 0.05) is 18.2 Å². The second-order valence-corrected chi connectivity index (χ2v) is 13.7. The second kappa shape index (κ2) is 19.9. The summed E-state index contributed by atoms with van der Waals surface area (Å²) in [7, 11) is 2.79. The summed E-state index contributed by atoms with van der Waals surface area (Å²) >= 11 is 0. The smallest absolute Gasteiger partial charge is 0.123 e. The average Bonchev–Trinajstić information content (AvgIpc) is 3.26. The van der Waals surface area contributed by atoms with Gasteiger partial charge in [-0.2, -0.15) is 0 Å². The van der Waals surface area contributed by atoms with Gasteiger partial charge in [0.05, 0.1) is 0 Å². The van der Waals surface area contributed by atoms with Crippen LogP contribution in [0.4, 0.5) is 0 Å². The van der Waals surface area contributed by atoms with E-state index in [9.17, 15) is 0 Å². The highest BCUT2D eigenvalue weighted by molar-refractivity contribution is 7.15. The van der Waals surface area contributed by atoms with Crippen molar-refractivity contribution in [1.82, 2.24) is 0 Å². The Bertz CT molecular complexity index is 1970. The lowest BCUT2D eigenvalue weighted by atomic mass is 10.2. The van der Waals surface area contributed by atoms with Gasteiger partial charge in [-0.3, -0.25) is 0 Å². The summed E-state index contributed by atoms with van der Waals surface area (Å²) in [6, 6.07) is 58.3. The fraction of sp³-hybridized carbons (Fsp3) is 0.143. The van der Waals surface area contributed by atoms with Crippen molar-refractivity contribution in [3.05, 3.63) is 215 Å². The molecule has 0 saturated heterocycles. The summed E-state index contributed by atoms with van der Waals surface area (Å²) in [5.74, 6) is 4.25. The van der Waals surface area contributed by atoms with Gasteiger partial charge in [0.1, 0.15) is 74.1 Å². The third-order valence-corrected chi connectivity index (χ3v) is 9.33. The van der Waals surface area contributed by atoms with Gasteiger partial charge in [0.2, 0.25) is 0 Å². The van der Waals surface area contributed by atoms with E-state index in [-0.39, 0.29) is 0 Å². The van der Waals surface area contributed by atoms with Crippen LogP contribution < -0.4 is 28.4 Å².